The zero-order valence-corrected chi connectivity index (χ0v) is 12.6. The van der Waals surface area contributed by atoms with Crippen LogP contribution in [0.5, 0.6) is 0 Å². The molecule has 0 aliphatic carbocycles. The lowest BCUT2D eigenvalue weighted by Gasteiger charge is -2.09. The zero-order valence-electron chi connectivity index (χ0n) is 10.2. The van der Waals surface area contributed by atoms with Gasteiger partial charge in [0.1, 0.15) is 0 Å². The molecule has 96 valence electrons. The van der Waals surface area contributed by atoms with Gasteiger partial charge in [0.25, 0.3) is 0 Å². The fraction of sp³-hybridized carbons (Fsp3) is 0.133. The molecule has 2 aromatic carbocycles. The van der Waals surface area contributed by atoms with Crippen molar-refractivity contribution in [1.29, 1.82) is 0 Å². The fourth-order valence-electron chi connectivity index (χ4n) is 1.97. The summed E-state index contributed by atoms with van der Waals surface area (Å²) < 4.78 is 1.07. The van der Waals surface area contributed by atoms with E-state index in [1.165, 1.54) is 5.56 Å². The van der Waals surface area contributed by atoms with Gasteiger partial charge < -0.3 is 5.32 Å². The number of aliphatic imine (C=N–C) groups is 1. The van der Waals surface area contributed by atoms with E-state index in [0.717, 1.165) is 21.9 Å². The van der Waals surface area contributed by atoms with Gasteiger partial charge in [0.15, 0.2) is 5.17 Å². The molecule has 0 saturated carbocycles. The van der Waals surface area contributed by atoms with Crippen molar-refractivity contribution < 1.29 is 0 Å². The SMILES string of the molecule is Brc1cccc(NC2=NCC(c3ccccc3)S2)c1. The first kappa shape index (κ1) is 12.8. The standard InChI is InChI=1S/C15H13BrN2S/c16-12-7-4-8-13(9-12)18-15-17-10-14(19-15)11-5-2-1-3-6-11/h1-9,14H,10H2,(H,17,18). The van der Waals surface area contributed by atoms with E-state index < -0.39 is 0 Å². The van der Waals surface area contributed by atoms with Crippen LogP contribution in [0.2, 0.25) is 0 Å². The van der Waals surface area contributed by atoms with Crippen LogP contribution in [0.15, 0.2) is 64.1 Å². The number of benzene rings is 2. The summed E-state index contributed by atoms with van der Waals surface area (Å²) in [5.74, 6) is 0. The summed E-state index contributed by atoms with van der Waals surface area (Å²) >= 11 is 5.26. The van der Waals surface area contributed by atoms with E-state index in [1.807, 2.05) is 24.3 Å². The lowest BCUT2D eigenvalue weighted by molar-refractivity contribution is 0.966. The summed E-state index contributed by atoms with van der Waals surface area (Å²) in [6.45, 7) is 0.838. The Balaban J connectivity index is 1.66. The molecule has 1 aliphatic rings. The van der Waals surface area contributed by atoms with Crippen LogP contribution in [-0.4, -0.2) is 11.7 Å². The number of hydrogen-bond acceptors (Lipinski definition) is 3. The summed E-state index contributed by atoms with van der Waals surface area (Å²) in [4.78, 5) is 4.57. The van der Waals surface area contributed by atoms with Gasteiger partial charge in [-0.15, -0.1) is 0 Å². The molecular formula is C15H13BrN2S. The quantitative estimate of drug-likeness (QED) is 0.861. The summed E-state index contributed by atoms with van der Waals surface area (Å²) in [7, 11) is 0. The number of rotatable bonds is 2. The van der Waals surface area contributed by atoms with Crippen LogP contribution in [0.1, 0.15) is 10.8 Å². The van der Waals surface area contributed by atoms with Gasteiger partial charge >= 0.3 is 0 Å². The molecular weight excluding hydrogens is 320 g/mol. The Hall–Kier alpha value is -1.26. The van der Waals surface area contributed by atoms with Crippen molar-refractivity contribution in [1.82, 2.24) is 0 Å². The molecule has 1 heterocycles. The molecule has 0 fully saturated rings. The number of amidine groups is 1. The molecule has 1 aliphatic heterocycles. The third-order valence-corrected chi connectivity index (χ3v) is 4.56. The smallest absolute Gasteiger partial charge is 0.161 e. The molecule has 1 atom stereocenters. The molecule has 2 aromatic rings. The van der Waals surface area contributed by atoms with Gasteiger partial charge in [-0.25, -0.2) is 0 Å². The molecule has 0 amide bonds. The van der Waals surface area contributed by atoms with E-state index in [1.54, 1.807) is 11.8 Å². The van der Waals surface area contributed by atoms with E-state index >= 15 is 0 Å². The molecule has 0 radical (unpaired) electrons. The highest BCUT2D eigenvalue weighted by Crippen LogP contribution is 2.35. The highest BCUT2D eigenvalue weighted by molar-refractivity contribution is 9.10. The first-order valence-corrected chi connectivity index (χ1v) is 7.77. The van der Waals surface area contributed by atoms with Gasteiger partial charge in [-0.05, 0) is 23.8 Å². The van der Waals surface area contributed by atoms with Gasteiger partial charge in [0.05, 0.1) is 11.8 Å². The zero-order chi connectivity index (χ0) is 13.1. The third kappa shape index (κ3) is 3.19. The van der Waals surface area contributed by atoms with Crippen LogP contribution in [0.3, 0.4) is 0 Å². The second-order valence-electron chi connectivity index (χ2n) is 4.30. The van der Waals surface area contributed by atoms with Gasteiger partial charge in [0.2, 0.25) is 0 Å². The van der Waals surface area contributed by atoms with Crippen LogP contribution >= 0.6 is 27.7 Å². The molecule has 0 bridgehead atoms. The molecule has 0 saturated heterocycles. The summed E-state index contributed by atoms with van der Waals surface area (Å²) in [5.41, 5.74) is 2.40. The molecule has 19 heavy (non-hydrogen) atoms. The minimum atomic E-state index is 0.427. The number of hydrogen-bond donors (Lipinski definition) is 1. The molecule has 3 rings (SSSR count). The predicted octanol–water partition coefficient (Wildman–Crippen LogP) is 4.71. The molecule has 0 aromatic heterocycles. The van der Waals surface area contributed by atoms with Gasteiger partial charge in [-0.2, -0.15) is 0 Å². The number of anilines is 1. The van der Waals surface area contributed by atoms with Crippen LogP contribution in [0, 0.1) is 0 Å². The number of thioether (sulfide) groups is 1. The Morgan fingerprint density at radius 2 is 1.95 bits per heavy atom. The first-order valence-electron chi connectivity index (χ1n) is 6.10. The topological polar surface area (TPSA) is 24.4 Å². The Labute approximate surface area is 125 Å². The Morgan fingerprint density at radius 1 is 1.11 bits per heavy atom. The summed E-state index contributed by atoms with van der Waals surface area (Å²) in [6, 6.07) is 18.7. The van der Waals surface area contributed by atoms with Gasteiger partial charge in [0, 0.05) is 10.2 Å². The fourth-order valence-corrected chi connectivity index (χ4v) is 3.41. The lowest BCUT2D eigenvalue weighted by Crippen LogP contribution is -2.05. The van der Waals surface area contributed by atoms with Crippen molar-refractivity contribution in [2.75, 3.05) is 11.9 Å². The van der Waals surface area contributed by atoms with Crippen molar-refractivity contribution in [3.05, 3.63) is 64.6 Å². The molecule has 4 heteroatoms. The Morgan fingerprint density at radius 3 is 2.74 bits per heavy atom. The maximum atomic E-state index is 4.57. The third-order valence-electron chi connectivity index (χ3n) is 2.90. The van der Waals surface area contributed by atoms with Gasteiger partial charge in [-0.3, -0.25) is 4.99 Å². The van der Waals surface area contributed by atoms with Crippen molar-refractivity contribution >= 4 is 38.5 Å². The average molecular weight is 333 g/mol. The highest BCUT2D eigenvalue weighted by Gasteiger charge is 2.21. The van der Waals surface area contributed by atoms with Gasteiger partial charge in [-0.1, -0.05) is 64.1 Å². The minimum absolute atomic E-state index is 0.427. The number of nitrogens with zero attached hydrogens (tertiary/aromatic N) is 1. The molecule has 2 nitrogen and oxygen atoms in total. The van der Waals surface area contributed by atoms with E-state index in [-0.39, 0.29) is 0 Å². The number of nitrogens with one attached hydrogen (secondary N) is 1. The monoisotopic (exact) mass is 332 g/mol. The molecule has 0 spiro atoms. The maximum absolute atomic E-state index is 4.57. The van der Waals surface area contributed by atoms with E-state index in [0.29, 0.717) is 5.25 Å². The van der Waals surface area contributed by atoms with Crippen LogP contribution < -0.4 is 5.32 Å². The second-order valence-corrected chi connectivity index (χ2v) is 6.41. The van der Waals surface area contributed by atoms with E-state index in [2.05, 4.69) is 56.6 Å². The Bertz CT molecular complexity index is 598. The Kier molecular flexibility index (Phi) is 3.89. The summed E-state index contributed by atoms with van der Waals surface area (Å²) in [5, 5.41) is 4.78. The minimum Gasteiger partial charge on any atom is -0.335 e. The van der Waals surface area contributed by atoms with Crippen LogP contribution in [0.4, 0.5) is 5.69 Å². The summed E-state index contributed by atoms with van der Waals surface area (Å²) in [6.07, 6.45) is 0. The van der Waals surface area contributed by atoms with Crippen LogP contribution in [0.25, 0.3) is 0 Å². The molecule has 1 unspecified atom stereocenters. The maximum Gasteiger partial charge on any atom is 0.161 e. The molecule has 1 N–H and O–H groups in total. The average Bonchev–Trinajstić information content (AvgIpc) is 2.88. The second kappa shape index (κ2) is 5.80. The normalized spacial score (nSPS) is 18.2. The highest BCUT2D eigenvalue weighted by atomic mass is 79.9. The van der Waals surface area contributed by atoms with E-state index in [4.69, 9.17) is 0 Å². The first-order chi connectivity index (χ1) is 9.31. The predicted molar refractivity (Wildman–Crippen MR) is 86.8 cm³/mol. The number of halogens is 1. The largest absolute Gasteiger partial charge is 0.335 e. The van der Waals surface area contributed by atoms with Crippen molar-refractivity contribution in [3.63, 3.8) is 0 Å². The van der Waals surface area contributed by atoms with Crippen molar-refractivity contribution in [2.24, 2.45) is 4.99 Å². The van der Waals surface area contributed by atoms with Crippen molar-refractivity contribution in [2.45, 2.75) is 5.25 Å². The van der Waals surface area contributed by atoms with Crippen LogP contribution in [-0.2, 0) is 0 Å². The van der Waals surface area contributed by atoms with E-state index in [9.17, 15) is 0 Å². The lowest BCUT2D eigenvalue weighted by atomic mass is 10.1. The van der Waals surface area contributed by atoms with Crippen molar-refractivity contribution in [3.8, 4) is 0 Å².